The van der Waals surface area contributed by atoms with Crippen LogP contribution in [-0.4, -0.2) is 0 Å². The van der Waals surface area contributed by atoms with E-state index in [9.17, 15) is 0 Å². The van der Waals surface area contributed by atoms with E-state index in [1.54, 1.807) is 0 Å². The third-order valence-electron chi connectivity index (χ3n) is 4.04. The zero-order valence-electron chi connectivity index (χ0n) is 14.3. The molecule has 0 heterocycles. The fraction of sp³-hybridized carbons (Fsp3) is 0.182. The van der Waals surface area contributed by atoms with E-state index in [0.29, 0.717) is 6.61 Å². The molecule has 0 aliphatic carbocycles. The van der Waals surface area contributed by atoms with Gasteiger partial charge in [0, 0.05) is 23.7 Å². The SMILES string of the molecule is Cc1cccc(COc2ccccc2CNCc2ccccc2Cl)c1. The first-order chi connectivity index (χ1) is 12.2. The molecule has 0 aromatic heterocycles. The van der Waals surface area contributed by atoms with Crippen LogP contribution >= 0.6 is 11.6 Å². The second kappa shape index (κ2) is 8.70. The Balaban J connectivity index is 1.60. The van der Waals surface area contributed by atoms with Gasteiger partial charge in [0.15, 0.2) is 0 Å². The van der Waals surface area contributed by atoms with E-state index in [-0.39, 0.29) is 0 Å². The molecule has 3 aromatic carbocycles. The first-order valence-corrected chi connectivity index (χ1v) is 8.80. The van der Waals surface area contributed by atoms with Crippen molar-refractivity contribution in [3.63, 3.8) is 0 Å². The molecule has 0 saturated heterocycles. The Kier molecular flexibility index (Phi) is 6.10. The number of para-hydroxylation sites is 1. The van der Waals surface area contributed by atoms with E-state index in [1.165, 1.54) is 11.1 Å². The average molecular weight is 352 g/mol. The number of benzene rings is 3. The lowest BCUT2D eigenvalue weighted by molar-refractivity contribution is 0.302. The summed E-state index contributed by atoms with van der Waals surface area (Å²) in [5.41, 5.74) is 4.67. The molecule has 2 nitrogen and oxygen atoms in total. The van der Waals surface area contributed by atoms with Crippen molar-refractivity contribution in [3.8, 4) is 5.75 Å². The van der Waals surface area contributed by atoms with Crippen LogP contribution in [0.5, 0.6) is 5.75 Å². The van der Waals surface area contributed by atoms with E-state index < -0.39 is 0 Å². The maximum Gasteiger partial charge on any atom is 0.124 e. The van der Waals surface area contributed by atoms with E-state index in [2.05, 4.69) is 42.6 Å². The first-order valence-electron chi connectivity index (χ1n) is 8.43. The van der Waals surface area contributed by atoms with Gasteiger partial charge < -0.3 is 10.1 Å². The van der Waals surface area contributed by atoms with Gasteiger partial charge in [-0.25, -0.2) is 0 Å². The van der Waals surface area contributed by atoms with Crippen molar-refractivity contribution in [1.82, 2.24) is 5.32 Å². The van der Waals surface area contributed by atoms with Gasteiger partial charge in [0.25, 0.3) is 0 Å². The summed E-state index contributed by atoms with van der Waals surface area (Å²) in [4.78, 5) is 0. The van der Waals surface area contributed by atoms with Gasteiger partial charge in [-0.1, -0.05) is 77.8 Å². The first kappa shape index (κ1) is 17.5. The molecule has 1 N–H and O–H groups in total. The summed E-state index contributed by atoms with van der Waals surface area (Å²) >= 11 is 6.20. The van der Waals surface area contributed by atoms with Crippen LogP contribution in [0.15, 0.2) is 72.8 Å². The summed E-state index contributed by atoms with van der Waals surface area (Å²) in [5, 5.41) is 4.23. The zero-order chi connectivity index (χ0) is 17.5. The molecule has 128 valence electrons. The molecule has 0 radical (unpaired) electrons. The minimum atomic E-state index is 0.573. The molecule has 3 rings (SSSR count). The van der Waals surface area contributed by atoms with Crippen molar-refractivity contribution in [2.45, 2.75) is 26.6 Å². The molecule has 0 atom stereocenters. The Labute approximate surface area is 154 Å². The van der Waals surface area contributed by atoms with Crippen molar-refractivity contribution < 1.29 is 4.74 Å². The number of rotatable bonds is 7. The summed E-state index contributed by atoms with van der Waals surface area (Å²) in [6.45, 7) is 4.13. The number of hydrogen-bond donors (Lipinski definition) is 1. The quantitative estimate of drug-likeness (QED) is 0.605. The van der Waals surface area contributed by atoms with Crippen LogP contribution in [0.25, 0.3) is 0 Å². The molecule has 0 fully saturated rings. The van der Waals surface area contributed by atoms with Gasteiger partial charge >= 0.3 is 0 Å². The van der Waals surface area contributed by atoms with Crippen LogP contribution in [0, 0.1) is 6.92 Å². The van der Waals surface area contributed by atoms with Gasteiger partial charge in [-0.3, -0.25) is 0 Å². The number of ether oxygens (including phenoxy) is 1. The predicted octanol–water partition coefficient (Wildman–Crippen LogP) is 5.52. The van der Waals surface area contributed by atoms with Gasteiger partial charge in [-0.15, -0.1) is 0 Å². The minimum absolute atomic E-state index is 0.573. The van der Waals surface area contributed by atoms with Crippen LogP contribution in [0.4, 0.5) is 0 Å². The molecular weight excluding hydrogens is 330 g/mol. The molecule has 0 aliphatic rings. The van der Waals surface area contributed by atoms with E-state index >= 15 is 0 Å². The largest absolute Gasteiger partial charge is 0.489 e. The lowest BCUT2D eigenvalue weighted by Crippen LogP contribution is -2.14. The molecule has 0 unspecified atom stereocenters. The number of hydrogen-bond acceptors (Lipinski definition) is 2. The van der Waals surface area contributed by atoms with Gasteiger partial charge in [-0.2, -0.15) is 0 Å². The van der Waals surface area contributed by atoms with E-state index in [0.717, 1.165) is 35.0 Å². The monoisotopic (exact) mass is 351 g/mol. The molecule has 3 aromatic rings. The molecular formula is C22H22ClNO. The lowest BCUT2D eigenvalue weighted by atomic mass is 10.1. The Morgan fingerprint density at radius 1 is 0.840 bits per heavy atom. The van der Waals surface area contributed by atoms with Crippen LogP contribution in [-0.2, 0) is 19.7 Å². The minimum Gasteiger partial charge on any atom is -0.489 e. The summed E-state index contributed by atoms with van der Waals surface area (Å²) in [5.74, 6) is 0.913. The van der Waals surface area contributed by atoms with E-state index in [1.807, 2.05) is 42.5 Å². The highest BCUT2D eigenvalue weighted by molar-refractivity contribution is 6.31. The van der Waals surface area contributed by atoms with Crippen molar-refractivity contribution in [2.75, 3.05) is 0 Å². The highest BCUT2D eigenvalue weighted by Crippen LogP contribution is 2.20. The van der Waals surface area contributed by atoms with Crippen LogP contribution in [0.3, 0.4) is 0 Å². The Hall–Kier alpha value is -2.29. The fourth-order valence-electron chi connectivity index (χ4n) is 2.73. The summed E-state index contributed by atoms with van der Waals surface area (Å²) in [7, 11) is 0. The summed E-state index contributed by atoms with van der Waals surface area (Å²) in [6.07, 6.45) is 0. The van der Waals surface area contributed by atoms with Crippen LogP contribution < -0.4 is 10.1 Å². The molecule has 0 spiro atoms. The van der Waals surface area contributed by atoms with Crippen molar-refractivity contribution >= 4 is 11.6 Å². The number of aryl methyl sites for hydroxylation is 1. The molecule has 25 heavy (non-hydrogen) atoms. The number of halogens is 1. The second-order valence-corrected chi connectivity index (χ2v) is 6.49. The van der Waals surface area contributed by atoms with Gasteiger partial charge in [0.1, 0.15) is 12.4 Å². The Bertz CT molecular complexity index is 832. The third kappa shape index (κ3) is 5.09. The maximum absolute atomic E-state index is 6.20. The smallest absolute Gasteiger partial charge is 0.124 e. The molecule has 0 amide bonds. The Morgan fingerprint density at radius 3 is 2.36 bits per heavy atom. The van der Waals surface area contributed by atoms with Gasteiger partial charge in [0.2, 0.25) is 0 Å². The molecule has 0 bridgehead atoms. The highest BCUT2D eigenvalue weighted by Gasteiger charge is 2.05. The third-order valence-corrected chi connectivity index (χ3v) is 4.41. The topological polar surface area (TPSA) is 21.3 Å². The predicted molar refractivity (Wildman–Crippen MR) is 104 cm³/mol. The number of nitrogens with one attached hydrogen (secondary N) is 1. The van der Waals surface area contributed by atoms with Gasteiger partial charge in [-0.05, 0) is 30.2 Å². The molecule has 3 heteroatoms. The summed E-state index contributed by atoms with van der Waals surface area (Å²) < 4.78 is 6.04. The van der Waals surface area contributed by atoms with Crippen LogP contribution in [0.2, 0.25) is 5.02 Å². The van der Waals surface area contributed by atoms with Gasteiger partial charge in [0.05, 0.1) is 0 Å². The van der Waals surface area contributed by atoms with Crippen molar-refractivity contribution in [2.24, 2.45) is 0 Å². The zero-order valence-corrected chi connectivity index (χ0v) is 15.1. The van der Waals surface area contributed by atoms with Crippen LogP contribution in [0.1, 0.15) is 22.3 Å². The maximum atomic E-state index is 6.20. The fourth-order valence-corrected chi connectivity index (χ4v) is 2.93. The standard InChI is InChI=1S/C22H22ClNO/c1-17-7-6-8-18(13-17)16-25-22-12-5-3-10-20(22)15-24-14-19-9-2-4-11-21(19)23/h2-13,24H,14-16H2,1H3. The second-order valence-electron chi connectivity index (χ2n) is 6.08. The molecule has 0 saturated carbocycles. The normalized spacial score (nSPS) is 10.6. The van der Waals surface area contributed by atoms with Crippen molar-refractivity contribution in [1.29, 1.82) is 0 Å². The van der Waals surface area contributed by atoms with E-state index in [4.69, 9.17) is 16.3 Å². The average Bonchev–Trinajstić information content (AvgIpc) is 2.62. The molecule has 0 aliphatic heterocycles. The van der Waals surface area contributed by atoms with Crippen molar-refractivity contribution in [3.05, 3.63) is 100 Å². The lowest BCUT2D eigenvalue weighted by Gasteiger charge is -2.13. The Morgan fingerprint density at radius 2 is 1.56 bits per heavy atom. The highest BCUT2D eigenvalue weighted by atomic mass is 35.5. The summed E-state index contributed by atoms with van der Waals surface area (Å²) in [6, 6.07) is 24.4.